The first-order valence-corrected chi connectivity index (χ1v) is 7.62. The number of nitrogens with one attached hydrogen (secondary N) is 2. The quantitative estimate of drug-likeness (QED) is 0.471. The van der Waals surface area contributed by atoms with Crippen LogP contribution in [0.15, 0.2) is 21.7 Å². The molecule has 0 unspecified atom stereocenters. The highest BCUT2D eigenvalue weighted by Crippen LogP contribution is 2.22. The van der Waals surface area contributed by atoms with Gasteiger partial charge in [-0.15, -0.1) is 0 Å². The van der Waals surface area contributed by atoms with Crippen molar-refractivity contribution in [2.24, 2.45) is 0 Å². The molecule has 3 rings (SSSR count). The molecule has 0 saturated carbocycles. The molecule has 2 N–H and O–H groups in total. The summed E-state index contributed by atoms with van der Waals surface area (Å²) in [5.41, 5.74) is -0.556. The molecule has 1 aliphatic heterocycles. The molecule has 0 bridgehead atoms. The standard InChI is InChI=1S/C15H16N4O5/c20-11-2-5-18(6-3-11)4-1-9-7-10(19(23)24)8-12-13(9)17-15(22)14(21)16-12/h7-8H,1-6H2,(H,16,21)(H,17,22). The minimum atomic E-state index is -0.844. The van der Waals surface area contributed by atoms with Crippen LogP contribution in [0.25, 0.3) is 11.0 Å². The number of carbonyl (C=O) groups is 1. The maximum absolute atomic E-state index is 11.6. The minimum Gasteiger partial charge on any atom is -0.316 e. The largest absolute Gasteiger partial charge is 0.316 e. The Morgan fingerprint density at radius 1 is 1.08 bits per heavy atom. The van der Waals surface area contributed by atoms with Crippen molar-refractivity contribution in [1.82, 2.24) is 14.9 Å². The predicted octanol–water partition coefficient (Wildman–Crippen LogP) is 0.332. The van der Waals surface area contributed by atoms with E-state index < -0.39 is 16.0 Å². The number of likely N-dealkylation sites (tertiary alicyclic amines) is 1. The van der Waals surface area contributed by atoms with Crippen molar-refractivity contribution in [3.63, 3.8) is 0 Å². The summed E-state index contributed by atoms with van der Waals surface area (Å²) < 4.78 is 0. The number of carbonyl (C=O) groups excluding carboxylic acids is 1. The van der Waals surface area contributed by atoms with E-state index >= 15 is 0 Å². The van der Waals surface area contributed by atoms with Gasteiger partial charge in [-0.25, -0.2) is 0 Å². The third-order valence-corrected chi connectivity index (χ3v) is 4.22. The van der Waals surface area contributed by atoms with Crippen molar-refractivity contribution in [3.05, 3.63) is 48.5 Å². The number of ketones is 1. The van der Waals surface area contributed by atoms with Crippen LogP contribution >= 0.6 is 0 Å². The van der Waals surface area contributed by atoms with Crippen molar-refractivity contribution >= 4 is 22.5 Å². The number of nitrogens with zero attached hydrogens (tertiary/aromatic N) is 2. The molecule has 24 heavy (non-hydrogen) atoms. The Morgan fingerprint density at radius 3 is 2.42 bits per heavy atom. The highest BCUT2D eigenvalue weighted by atomic mass is 16.6. The van der Waals surface area contributed by atoms with E-state index in [1.807, 2.05) is 0 Å². The normalized spacial score (nSPS) is 15.8. The molecule has 0 aliphatic carbocycles. The summed E-state index contributed by atoms with van der Waals surface area (Å²) >= 11 is 0. The first kappa shape index (κ1) is 16.1. The fourth-order valence-corrected chi connectivity index (χ4v) is 2.89. The molecule has 1 fully saturated rings. The first-order chi connectivity index (χ1) is 11.4. The molecular weight excluding hydrogens is 316 g/mol. The second-order valence-electron chi connectivity index (χ2n) is 5.82. The monoisotopic (exact) mass is 332 g/mol. The Kier molecular flexibility index (Phi) is 4.26. The highest BCUT2D eigenvalue weighted by molar-refractivity contribution is 5.80. The Bertz CT molecular complexity index is 920. The average Bonchev–Trinajstić information content (AvgIpc) is 2.55. The molecule has 9 heteroatoms. The van der Waals surface area contributed by atoms with Crippen LogP contribution in [0.2, 0.25) is 0 Å². The molecule has 0 spiro atoms. The SMILES string of the molecule is O=C1CCN(CCc2cc([N+](=O)[O-])cc3[nH]c(=O)c(=O)[nH]c23)CC1. The molecule has 0 atom stereocenters. The van der Waals surface area contributed by atoms with Crippen LogP contribution < -0.4 is 11.1 Å². The number of H-pyrrole nitrogens is 2. The zero-order valence-electron chi connectivity index (χ0n) is 12.8. The summed E-state index contributed by atoms with van der Waals surface area (Å²) in [7, 11) is 0. The van der Waals surface area contributed by atoms with Gasteiger partial charge in [-0.3, -0.25) is 24.5 Å². The summed E-state index contributed by atoms with van der Waals surface area (Å²) in [6.45, 7) is 1.95. The predicted molar refractivity (Wildman–Crippen MR) is 86.2 cm³/mol. The van der Waals surface area contributed by atoms with Gasteiger partial charge >= 0.3 is 11.1 Å². The van der Waals surface area contributed by atoms with Gasteiger partial charge in [0.1, 0.15) is 5.78 Å². The van der Waals surface area contributed by atoms with Gasteiger partial charge in [0.15, 0.2) is 0 Å². The number of non-ortho nitro benzene ring substituents is 1. The van der Waals surface area contributed by atoms with E-state index in [2.05, 4.69) is 14.9 Å². The smallest absolute Gasteiger partial charge is 0.314 e. The number of piperidine rings is 1. The number of hydrogen-bond donors (Lipinski definition) is 2. The van der Waals surface area contributed by atoms with Gasteiger partial charge in [0.05, 0.1) is 16.0 Å². The Morgan fingerprint density at radius 2 is 1.75 bits per heavy atom. The lowest BCUT2D eigenvalue weighted by Gasteiger charge is -2.25. The van der Waals surface area contributed by atoms with Crippen LogP contribution in [0.5, 0.6) is 0 Å². The molecule has 1 aromatic heterocycles. The molecule has 2 aromatic rings. The molecule has 0 amide bonds. The second-order valence-corrected chi connectivity index (χ2v) is 5.82. The third-order valence-electron chi connectivity index (χ3n) is 4.22. The van der Waals surface area contributed by atoms with Crippen LogP contribution in [0.1, 0.15) is 18.4 Å². The Hall–Kier alpha value is -2.81. The lowest BCUT2D eigenvalue weighted by atomic mass is 10.1. The molecule has 1 aromatic carbocycles. The van der Waals surface area contributed by atoms with Crippen LogP contribution in [0, 0.1) is 10.1 Å². The van der Waals surface area contributed by atoms with Gasteiger partial charge in [0.25, 0.3) is 5.69 Å². The summed E-state index contributed by atoms with van der Waals surface area (Å²) in [5, 5.41) is 11.1. The summed E-state index contributed by atoms with van der Waals surface area (Å²) in [6.07, 6.45) is 1.49. The van der Waals surface area contributed by atoms with E-state index in [9.17, 15) is 24.5 Å². The van der Waals surface area contributed by atoms with E-state index in [0.29, 0.717) is 50.0 Å². The van der Waals surface area contributed by atoms with Gasteiger partial charge in [-0.2, -0.15) is 0 Å². The third kappa shape index (κ3) is 3.25. The second kappa shape index (κ2) is 6.36. The van der Waals surface area contributed by atoms with Crippen molar-refractivity contribution in [1.29, 1.82) is 0 Å². The van der Waals surface area contributed by atoms with Crippen molar-refractivity contribution in [3.8, 4) is 0 Å². The summed E-state index contributed by atoms with van der Waals surface area (Å²) in [4.78, 5) is 51.8. The number of fused-ring (bicyclic) bond motifs is 1. The average molecular weight is 332 g/mol. The fraction of sp³-hybridized carbons (Fsp3) is 0.400. The van der Waals surface area contributed by atoms with E-state index in [1.54, 1.807) is 0 Å². The lowest BCUT2D eigenvalue weighted by Crippen LogP contribution is -2.35. The topological polar surface area (TPSA) is 129 Å². The van der Waals surface area contributed by atoms with Gasteiger partial charge in [-0.05, 0) is 12.0 Å². The van der Waals surface area contributed by atoms with E-state index in [4.69, 9.17) is 0 Å². The van der Waals surface area contributed by atoms with E-state index in [1.165, 1.54) is 12.1 Å². The zero-order valence-corrected chi connectivity index (χ0v) is 12.8. The van der Waals surface area contributed by atoms with Gasteiger partial charge in [0, 0.05) is 44.6 Å². The number of benzene rings is 1. The zero-order chi connectivity index (χ0) is 17.3. The van der Waals surface area contributed by atoms with Gasteiger partial charge in [-0.1, -0.05) is 0 Å². The molecule has 2 heterocycles. The molecule has 1 aliphatic rings. The maximum atomic E-state index is 11.6. The summed E-state index contributed by atoms with van der Waals surface area (Å²) in [5.74, 6) is 0.244. The number of Topliss-reactive ketones (excluding diaryl/α,β-unsaturated/α-hetero) is 1. The highest BCUT2D eigenvalue weighted by Gasteiger charge is 2.18. The number of aromatic nitrogens is 2. The van der Waals surface area contributed by atoms with E-state index in [-0.39, 0.29) is 17.0 Å². The van der Waals surface area contributed by atoms with Crippen LogP contribution in [-0.4, -0.2) is 45.2 Å². The minimum absolute atomic E-state index is 0.144. The summed E-state index contributed by atoms with van der Waals surface area (Å²) in [6, 6.07) is 2.64. The fourth-order valence-electron chi connectivity index (χ4n) is 2.89. The maximum Gasteiger partial charge on any atom is 0.314 e. The van der Waals surface area contributed by atoms with Crippen LogP contribution in [0.4, 0.5) is 5.69 Å². The number of nitro benzene ring substituents is 1. The van der Waals surface area contributed by atoms with Crippen molar-refractivity contribution in [2.45, 2.75) is 19.3 Å². The van der Waals surface area contributed by atoms with Crippen molar-refractivity contribution < 1.29 is 9.72 Å². The van der Waals surface area contributed by atoms with Crippen LogP contribution in [-0.2, 0) is 11.2 Å². The van der Waals surface area contributed by atoms with Crippen molar-refractivity contribution in [2.75, 3.05) is 19.6 Å². The Balaban J connectivity index is 1.94. The number of nitro groups is 1. The number of aromatic amines is 2. The van der Waals surface area contributed by atoms with Gasteiger partial charge in [0.2, 0.25) is 0 Å². The molecule has 126 valence electrons. The number of rotatable bonds is 4. The number of hydrogen-bond acceptors (Lipinski definition) is 6. The van der Waals surface area contributed by atoms with Gasteiger partial charge < -0.3 is 14.9 Å². The molecule has 9 nitrogen and oxygen atoms in total. The first-order valence-electron chi connectivity index (χ1n) is 7.62. The van der Waals surface area contributed by atoms with Crippen LogP contribution in [0.3, 0.4) is 0 Å². The molecule has 1 saturated heterocycles. The Labute approximate surface area is 135 Å². The molecule has 0 radical (unpaired) electrons. The molecular formula is C15H16N4O5. The van der Waals surface area contributed by atoms with E-state index in [0.717, 1.165) is 0 Å². The lowest BCUT2D eigenvalue weighted by molar-refractivity contribution is -0.384.